The van der Waals surface area contributed by atoms with Gasteiger partial charge in [0.2, 0.25) is 5.91 Å². The summed E-state index contributed by atoms with van der Waals surface area (Å²) in [6.07, 6.45) is 2.26. The summed E-state index contributed by atoms with van der Waals surface area (Å²) < 4.78 is 10.6. The Morgan fingerprint density at radius 2 is 2.19 bits per heavy atom. The second kappa shape index (κ2) is 9.39. The average Bonchev–Trinajstić information content (AvgIpc) is 3.09. The molecule has 3 heterocycles. The van der Waals surface area contributed by atoms with Gasteiger partial charge in [-0.1, -0.05) is 0 Å². The molecule has 2 saturated heterocycles. The van der Waals surface area contributed by atoms with E-state index in [9.17, 15) is 9.59 Å². The molecule has 146 valence electrons. The molecule has 2 fully saturated rings. The van der Waals surface area contributed by atoms with Crippen LogP contribution in [-0.2, 0) is 16.1 Å². The van der Waals surface area contributed by atoms with Crippen molar-refractivity contribution in [3.63, 3.8) is 0 Å². The lowest BCUT2D eigenvalue weighted by Crippen LogP contribution is -2.57. The Bertz CT molecular complexity index is 621. The highest BCUT2D eigenvalue weighted by molar-refractivity contribution is 5.91. The number of ether oxygens (including phenoxy) is 1. The average molecular weight is 386 g/mol. The fraction of sp³-hybridized carbons (Fsp3) is 0.667. The van der Waals surface area contributed by atoms with Gasteiger partial charge in [0.25, 0.3) is 5.91 Å². The zero-order valence-electron chi connectivity index (χ0n) is 15.4. The van der Waals surface area contributed by atoms with Crippen LogP contribution in [-0.4, -0.2) is 68.0 Å². The highest BCUT2D eigenvalue weighted by atomic mass is 35.5. The summed E-state index contributed by atoms with van der Waals surface area (Å²) in [7, 11) is 3.49. The van der Waals surface area contributed by atoms with Crippen molar-refractivity contribution in [1.29, 1.82) is 0 Å². The molecule has 0 radical (unpaired) electrons. The Hall–Kier alpha value is -1.57. The first-order chi connectivity index (χ1) is 12.1. The highest BCUT2D eigenvalue weighted by Gasteiger charge is 2.40. The van der Waals surface area contributed by atoms with Gasteiger partial charge in [0.15, 0.2) is 5.76 Å². The Kier molecular flexibility index (Phi) is 7.49. The van der Waals surface area contributed by atoms with Crippen molar-refractivity contribution in [2.75, 3.05) is 40.3 Å². The van der Waals surface area contributed by atoms with Crippen LogP contribution >= 0.6 is 12.4 Å². The molecule has 2 atom stereocenters. The Morgan fingerprint density at radius 3 is 2.92 bits per heavy atom. The number of likely N-dealkylation sites (tertiary alicyclic amines) is 2. The van der Waals surface area contributed by atoms with Crippen LogP contribution in [0, 0.1) is 5.92 Å². The number of nitrogens with zero attached hydrogens (tertiary/aromatic N) is 2. The number of amides is 2. The Balaban J connectivity index is 0.00000243. The topological polar surface area (TPSA) is 75.0 Å². The molecule has 8 heteroatoms. The molecule has 2 amide bonds. The minimum atomic E-state index is -0.0699. The van der Waals surface area contributed by atoms with Crippen LogP contribution in [0.2, 0.25) is 0 Å². The smallest absolute Gasteiger partial charge is 0.289 e. The van der Waals surface area contributed by atoms with E-state index in [0.717, 1.165) is 25.9 Å². The normalized spacial score (nSPS) is 22.8. The maximum Gasteiger partial charge on any atom is 0.289 e. The van der Waals surface area contributed by atoms with E-state index in [1.54, 1.807) is 19.2 Å². The largest absolute Gasteiger partial charge is 0.453 e. The van der Waals surface area contributed by atoms with E-state index < -0.39 is 0 Å². The van der Waals surface area contributed by atoms with Crippen molar-refractivity contribution in [2.45, 2.75) is 31.9 Å². The molecular formula is C18H28ClN3O4. The number of rotatable bonds is 6. The molecule has 1 aromatic heterocycles. The number of hydrogen-bond donors (Lipinski definition) is 1. The van der Waals surface area contributed by atoms with Gasteiger partial charge >= 0.3 is 0 Å². The highest BCUT2D eigenvalue weighted by Crippen LogP contribution is 2.31. The number of carbonyl (C=O) groups excluding carboxylic acids is 2. The number of piperidine rings is 2. The van der Waals surface area contributed by atoms with Gasteiger partial charge in [-0.05, 0) is 37.9 Å². The molecule has 0 aromatic carbocycles. The van der Waals surface area contributed by atoms with Gasteiger partial charge in [-0.25, -0.2) is 0 Å². The van der Waals surface area contributed by atoms with Crippen molar-refractivity contribution < 1.29 is 18.7 Å². The Morgan fingerprint density at radius 1 is 1.38 bits per heavy atom. The van der Waals surface area contributed by atoms with Crippen molar-refractivity contribution in [1.82, 2.24) is 15.1 Å². The lowest BCUT2D eigenvalue weighted by Gasteiger charge is -2.47. The number of furan rings is 1. The molecule has 26 heavy (non-hydrogen) atoms. The van der Waals surface area contributed by atoms with E-state index in [-0.39, 0.29) is 30.3 Å². The summed E-state index contributed by atoms with van der Waals surface area (Å²) in [5, 5.41) is 3.11. The molecule has 1 N–H and O–H groups in total. The number of hydrogen-bond acceptors (Lipinski definition) is 5. The lowest BCUT2D eigenvalue weighted by molar-refractivity contribution is -0.140. The van der Waals surface area contributed by atoms with Gasteiger partial charge in [0.05, 0.1) is 0 Å². The molecule has 0 bridgehead atoms. The molecule has 1 aromatic rings. The summed E-state index contributed by atoms with van der Waals surface area (Å²) >= 11 is 0. The number of carbonyl (C=O) groups is 2. The van der Waals surface area contributed by atoms with Crippen molar-refractivity contribution >= 4 is 24.2 Å². The van der Waals surface area contributed by atoms with Crippen LogP contribution in [0.3, 0.4) is 0 Å². The van der Waals surface area contributed by atoms with Gasteiger partial charge < -0.3 is 24.3 Å². The van der Waals surface area contributed by atoms with E-state index in [4.69, 9.17) is 9.15 Å². The number of likely N-dealkylation sites (N-methyl/N-ethyl adjacent to an activating group) is 1. The zero-order valence-corrected chi connectivity index (χ0v) is 16.2. The van der Waals surface area contributed by atoms with Crippen LogP contribution in [0.1, 0.15) is 35.6 Å². The minimum absolute atomic E-state index is 0. The van der Waals surface area contributed by atoms with Gasteiger partial charge in [-0.15, -0.1) is 12.4 Å². The maximum atomic E-state index is 12.7. The first kappa shape index (κ1) is 20.7. The summed E-state index contributed by atoms with van der Waals surface area (Å²) in [5.41, 5.74) is 0. The quantitative estimate of drug-likeness (QED) is 0.803. The fourth-order valence-electron chi connectivity index (χ4n) is 3.93. The van der Waals surface area contributed by atoms with Gasteiger partial charge in [-0.3, -0.25) is 9.59 Å². The first-order valence-electron chi connectivity index (χ1n) is 8.95. The Labute approximate surface area is 160 Å². The summed E-state index contributed by atoms with van der Waals surface area (Å²) in [5.74, 6) is 1.54. The van der Waals surface area contributed by atoms with Gasteiger partial charge in [-0.2, -0.15) is 0 Å². The molecule has 7 nitrogen and oxygen atoms in total. The zero-order chi connectivity index (χ0) is 17.8. The SMILES string of the molecule is CNCCN1C(=O)CC[C@H]2CN(C(=O)c3ccc(COC)o3)CC[C@H]21.Cl. The third kappa shape index (κ3) is 4.39. The third-order valence-corrected chi connectivity index (χ3v) is 5.19. The van der Waals surface area contributed by atoms with Crippen LogP contribution < -0.4 is 5.32 Å². The van der Waals surface area contributed by atoms with Crippen LogP contribution in [0.5, 0.6) is 0 Å². The molecule has 3 rings (SSSR count). The molecule has 2 aliphatic heterocycles. The van der Waals surface area contributed by atoms with E-state index in [1.807, 2.05) is 16.8 Å². The number of nitrogens with one attached hydrogen (secondary N) is 1. The van der Waals surface area contributed by atoms with E-state index >= 15 is 0 Å². The summed E-state index contributed by atoms with van der Waals surface area (Å²) in [6.45, 7) is 3.24. The minimum Gasteiger partial charge on any atom is -0.453 e. The van der Waals surface area contributed by atoms with Crippen LogP contribution in [0.4, 0.5) is 0 Å². The van der Waals surface area contributed by atoms with E-state index in [1.165, 1.54) is 0 Å². The van der Waals surface area contributed by atoms with Gasteiger partial charge in [0, 0.05) is 45.8 Å². The van der Waals surface area contributed by atoms with Crippen molar-refractivity contribution in [2.24, 2.45) is 5.92 Å². The first-order valence-corrected chi connectivity index (χ1v) is 8.95. The number of halogens is 1. The molecule has 0 spiro atoms. The van der Waals surface area contributed by atoms with Crippen LogP contribution in [0.15, 0.2) is 16.5 Å². The lowest BCUT2D eigenvalue weighted by atomic mass is 9.83. The second-order valence-electron chi connectivity index (χ2n) is 6.80. The number of methoxy groups -OCH3 is 1. The summed E-state index contributed by atoms with van der Waals surface area (Å²) in [4.78, 5) is 28.8. The van der Waals surface area contributed by atoms with Crippen molar-refractivity contribution in [3.8, 4) is 0 Å². The van der Waals surface area contributed by atoms with E-state index in [0.29, 0.717) is 43.6 Å². The molecule has 0 unspecified atom stereocenters. The molecule has 0 saturated carbocycles. The monoisotopic (exact) mass is 385 g/mol. The maximum absolute atomic E-state index is 12.7. The second-order valence-corrected chi connectivity index (χ2v) is 6.80. The van der Waals surface area contributed by atoms with Gasteiger partial charge in [0.1, 0.15) is 12.4 Å². The summed E-state index contributed by atoms with van der Waals surface area (Å²) in [6, 6.07) is 3.74. The van der Waals surface area contributed by atoms with E-state index in [2.05, 4.69) is 5.32 Å². The standard InChI is InChI=1S/C18H27N3O4.ClH/c1-19-8-10-21-15-7-9-20(11-13(15)3-6-17(21)22)18(23)16-5-4-14(25-16)12-24-2;/h4-5,13,15,19H,3,6-12H2,1-2H3;1H/t13-,15+;/m0./s1. The van der Waals surface area contributed by atoms with Crippen LogP contribution in [0.25, 0.3) is 0 Å². The predicted molar refractivity (Wildman–Crippen MR) is 99.3 cm³/mol. The number of fused-ring (bicyclic) bond motifs is 1. The predicted octanol–water partition coefficient (Wildman–Crippen LogP) is 1.52. The molecule has 0 aliphatic carbocycles. The molecule has 2 aliphatic rings. The molecular weight excluding hydrogens is 358 g/mol. The fourth-order valence-corrected chi connectivity index (χ4v) is 3.93. The third-order valence-electron chi connectivity index (χ3n) is 5.19. The van der Waals surface area contributed by atoms with Crippen molar-refractivity contribution in [3.05, 3.63) is 23.7 Å².